The van der Waals surface area contributed by atoms with Gasteiger partial charge >= 0.3 is 0 Å². The summed E-state index contributed by atoms with van der Waals surface area (Å²) in [5, 5.41) is 0. The summed E-state index contributed by atoms with van der Waals surface area (Å²) in [6.07, 6.45) is 3.07. The quantitative estimate of drug-likeness (QED) is 0.753. The van der Waals surface area contributed by atoms with Crippen LogP contribution in [-0.4, -0.2) is 56.0 Å². The molecule has 1 amide bonds. The van der Waals surface area contributed by atoms with Crippen molar-refractivity contribution < 1.29 is 17.9 Å². The molecule has 2 heterocycles. The third kappa shape index (κ3) is 3.23. The first kappa shape index (κ1) is 13.8. The monoisotopic (exact) mass is 275 g/mol. The maximum Gasteiger partial charge on any atom is 0.222 e. The minimum Gasteiger partial charge on any atom is -0.376 e. The highest BCUT2D eigenvalue weighted by Gasteiger charge is 2.35. The summed E-state index contributed by atoms with van der Waals surface area (Å²) in [6, 6.07) is -0.147. The molecule has 2 aliphatic rings. The first-order valence-electron chi connectivity index (χ1n) is 6.63. The van der Waals surface area contributed by atoms with Gasteiger partial charge in [0.1, 0.15) is 0 Å². The zero-order chi connectivity index (χ0) is 13.2. The second-order valence-electron chi connectivity index (χ2n) is 5.09. The van der Waals surface area contributed by atoms with E-state index in [0.29, 0.717) is 19.4 Å². The molecule has 0 radical (unpaired) electrons. The Morgan fingerprint density at radius 3 is 2.67 bits per heavy atom. The zero-order valence-electron chi connectivity index (χ0n) is 10.8. The van der Waals surface area contributed by atoms with E-state index in [9.17, 15) is 13.2 Å². The fraction of sp³-hybridized carbons (Fsp3) is 0.917. The molecule has 0 aromatic rings. The molecule has 0 aromatic carbocycles. The first-order chi connectivity index (χ1) is 8.52. The van der Waals surface area contributed by atoms with Gasteiger partial charge in [-0.15, -0.1) is 0 Å². The molecule has 0 unspecified atom stereocenters. The third-order valence-corrected chi connectivity index (χ3v) is 5.45. The largest absolute Gasteiger partial charge is 0.376 e. The van der Waals surface area contributed by atoms with E-state index in [1.54, 1.807) is 4.90 Å². The van der Waals surface area contributed by atoms with Gasteiger partial charge in [-0.25, -0.2) is 8.42 Å². The van der Waals surface area contributed by atoms with Crippen molar-refractivity contribution in [1.29, 1.82) is 0 Å². The number of hydrogen-bond acceptors (Lipinski definition) is 4. The second kappa shape index (κ2) is 5.57. The Balaban J connectivity index is 2.03. The van der Waals surface area contributed by atoms with Gasteiger partial charge in [-0.05, 0) is 19.3 Å². The molecule has 0 N–H and O–H groups in total. The van der Waals surface area contributed by atoms with Crippen LogP contribution in [0.25, 0.3) is 0 Å². The number of rotatable bonds is 4. The van der Waals surface area contributed by atoms with E-state index >= 15 is 0 Å². The predicted octanol–water partition coefficient (Wildman–Crippen LogP) is 0.591. The lowest BCUT2D eigenvalue weighted by Crippen LogP contribution is -2.44. The summed E-state index contributed by atoms with van der Waals surface area (Å²) >= 11 is 0. The SMILES string of the molecule is CCC(=O)N(C[C@@H]1CCCO1)[C@@H]1CCS(=O)(=O)C1. The lowest BCUT2D eigenvalue weighted by Gasteiger charge is -2.30. The maximum atomic E-state index is 12.0. The summed E-state index contributed by atoms with van der Waals surface area (Å²) in [6.45, 7) is 3.11. The molecule has 2 aliphatic heterocycles. The molecule has 2 saturated heterocycles. The topological polar surface area (TPSA) is 63.7 Å². The molecular formula is C12H21NO4S. The summed E-state index contributed by atoms with van der Waals surface area (Å²) in [4.78, 5) is 13.7. The van der Waals surface area contributed by atoms with E-state index in [-0.39, 0.29) is 29.6 Å². The van der Waals surface area contributed by atoms with Crippen molar-refractivity contribution >= 4 is 15.7 Å². The van der Waals surface area contributed by atoms with Gasteiger partial charge < -0.3 is 9.64 Å². The number of carbonyl (C=O) groups excluding carboxylic acids is 1. The summed E-state index contributed by atoms with van der Waals surface area (Å²) in [5.41, 5.74) is 0. The van der Waals surface area contributed by atoms with Crippen LogP contribution in [-0.2, 0) is 19.4 Å². The van der Waals surface area contributed by atoms with Gasteiger partial charge in [0, 0.05) is 25.6 Å². The molecule has 6 heteroatoms. The number of ether oxygens (including phenoxy) is 1. The molecule has 0 bridgehead atoms. The highest BCUT2D eigenvalue weighted by molar-refractivity contribution is 7.91. The van der Waals surface area contributed by atoms with Gasteiger partial charge in [0.2, 0.25) is 5.91 Å². The average Bonchev–Trinajstić information content (AvgIpc) is 2.94. The van der Waals surface area contributed by atoms with Gasteiger partial charge in [-0.2, -0.15) is 0 Å². The van der Waals surface area contributed by atoms with Crippen molar-refractivity contribution in [1.82, 2.24) is 4.90 Å². The number of nitrogens with zero attached hydrogens (tertiary/aromatic N) is 1. The number of amides is 1. The van der Waals surface area contributed by atoms with Gasteiger partial charge in [0.05, 0.1) is 17.6 Å². The second-order valence-corrected chi connectivity index (χ2v) is 7.32. The zero-order valence-corrected chi connectivity index (χ0v) is 11.6. The molecule has 0 saturated carbocycles. The van der Waals surface area contributed by atoms with Crippen LogP contribution in [0.1, 0.15) is 32.6 Å². The van der Waals surface area contributed by atoms with Crippen LogP contribution in [0.4, 0.5) is 0 Å². The van der Waals surface area contributed by atoms with Crippen LogP contribution < -0.4 is 0 Å². The average molecular weight is 275 g/mol. The number of hydrogen-bond donors (Lipinski definition) is 0. The number of carbonyl (C=O) groups is 1. The van der Waals surface area contributed by atoms with Crippen LogP contribution in [0.2, 0.25) is 0 Å². The molecule has 18 heavy (non-hydrogen) atoms. The van der Waals surface area contributed by atoms with Crippen LogP contribution in [0.15, 0.2) is 0 Å². The van der Waals surface area contributed by atoms with Crippen LogP contribution >= 0.6 is 0 Å². The highest BCUT2D eigenvalue weighted by Crippen LogP contribution is 2.21. The van der Waals surface area contributed by atoms with E-state index in [1.807, 2.05) is 6.92 Å². The van der Waals surface area contributed by atoms with E-state index < -0.39 is 9.84 Å². The van der Waals surface area contributed by atoms with E-state index in [1.165, 1.54) is 0 Å². The minimum atomic E-state index is -2.95. The van der Waals surface area contributed by atoms with Crippen molar-refractivity contribution in [3.8, 4) is 0 Å². The van der Waals surface area contributed by atoms with Crippen molar-refractivity contribution in [2.45, 2.75) is 44.8 Å². The van der Waals surface area contributed by atoms with Gasteiger partial charge in [-0.1, -0.05) is 6.92 Å². The maximum absolute atomic E-state index is 12.0. The summed E-state index contributed by atoms with van der Waals surface area (Å²) < 4.78 is 28.6. The molecular weight excluding hydrogens is 254 g/mol. The van der Waals surface area contributed by atoms with E-state index in [0.717, 1.165) is 19.4 Å². The Morgan fingerprint density at radius 1 is 1.39 bits per heavy atom. The van der Waals surface area contributed by atoms with Crippen LogP contribution in [0.5, 0.6) is 0 Å². The Morgan fingerprint density at radius 2 is 2.17 bits per heavy atom. The molecule has 0 spiro atoms. The van der Waals surface area contributed by atoms with Gasteiger partial charge in [0.15, 0.2) is 9.84 Å². The first-order valence-corrected chi connectivity index (χ1v) is 8.45. The fourth-order valence-corrected chi connectivity index (χ4v) is 4.42. The van der Waals surface area contributed by atoms with Crippen LogP contribution in [0.3, 0.4) is 0 Å². The normalized spacial score (nSPS) is 30.5. The lowest BCUT2D eigenvalue weighted by atomic mass is 10.1. The minimum absolute atomic E-state index is 0.0348. The summed E-state index contributed by atoms with van der Waals surface area (Å²) in [5.74, 6) is 0.356. The molecule has 104 valence electrons. The standard InChI is InChI=1S/C12H21NO4S/c1-2-12(14)13(8-11-4-3-6-17-11)10-5-7-18(15,16)9-10/h10-11H,2-9H2,1H3/t10-,11+/m1/s1. The summed E-state index contributed by atoms with van der Waals surface area (Å²) in [7, 11) is -2.95. The Kier molecular flexibility index (Phi) is 4.27. The highest BCUT2D eigenvalue weighted by atomic mass is 32.2. The van der Waals surface area contributed by atoms with Gasteiger partial charge in [0.25, 0.3) is 0 Å². The molecule has 0 aliphatic carbocycles. The predicted molar refractivity (Wildman–Crippen MR) is 68.0 cm³/mol. The number of sulfone groups is 1. The Bertz CT molecular complexity index is 400. The van der Waals surface area contributed by atoms with E-state index in [2.05, 4.69) is 0 Å². The van der Waals surface area contributed by atoms with Crippen molar-refractivity contribution in [3.05, 3.63) is 0 Å². The lowest BCUT2D eigenvalue weighted by molar-refractivity contribution is -0.134. The Hall–Kier alpha value is -0.620. The van der Waals surface area contributed by atoms with Crippen LogP contribution in [0, 0.1) is 0 Å². The Labute approximate surface area is 108 Å². The van der Waals surface area contributed by atoms with E-state index in [4.69, 9.17) is 4.74 Å². The molecule has 2 rings (SSSR count). The van der Waals surface area contributed by atoms with Crippen molar-refractivity contribution in [2.75, 3.05) is 24.7 Å². The molecule has 0 aromatic heterocycles. The fourth-order valence-electron chi connectivity index (χ4n) is 2.69. The third-order valence-electron chi connectivity index (χ3n) is 3.70. The van der Waals surface area contributed by atoms with Crippen molar-refractivity contribution in [3.63, 3.8) is 0 Å². The molecule has 5 nitrogen and oxygen atoms in total. The van der Waals surface area contributed by atoms with Gasteiger partial charge in [-0.3, -0.25) is 4.79 Å². The molecule has 2 atom stereocenters. The van der Waals surface area contributed by atoms with Crippen molar-refractivity contribution in [2.24, 2.45) is 0 Å². The smallest absolute Gasteiger partial charge is 0.222 e. The molecule has 2 fully saturated rings.